The summed E-state index contributed by atoms with van der Waals surface area (Å²) < 4.78 is 0. The molecule has 0 spiro atoms. The summed E-state index contributed by atoms with van der Waals surface area (Å²) in [5.41, 5.74) is 10.8. The predicted octanol–water partition coefficient (Wildman–Crippen LogP) is 8.66. The molecule has 0 amide bonds. The first-order valence-electron chi connectivity index (χ1n) is 14.2. The number of aromatic nitrogens is 5. The standard InChI is InChI=1S/C38H22N6/c39-23-24-15-17-25(18-16-24)37-38(44-34-12-2-1-11-33(34)43-37)26-21-35(29-7-3-13-31-27(29)9-5-19-40-31)42-36(22-26)30-8-4-14-32-28(30)10-6-20-41-32/h1-22H. The van der Waals surface area contributed by atoms with Gasteiger partial charge >= 0.3 is 0 Å². The third kappa shape index (κ3) is 4.41. The van der Waals surface area contributed by atoms with Crippen molar-refractivity contribution >= 4 is 32.8 Å². The van der Waals surface area contributed by atoms with Crippen LogP contribution in [0.3, 0.4) is 0 Å². The third-order valence-corrected chi connectivity index (χ3v) is 7.80. The van der Waals surface area contributed by atoms with Crippen molar-refractivity contribution in [3.05, 3.63) is 139 Å². The molecule has 0 saturated heterocycles. The minimum atomic E-state index is 0.590. The SMILES string of the molecule is N#Cc1ccc(-c2nc3ccccc3nc2-c2cc(-c3cccc4ncccc34)nc(-c3cccc4ncccc34)c2)cc1. The van der Waals surface area contributed by atoms with Crippen molar-refractivity contribution in [2.24, 2.45) is 0 Å². The summed E-state index contributed by atoms with van der Waals surface area (Å²) in [6.07, 6.45) is 3.61. The second kappa shape index (κ2) is 10.5. The number of rotatable bonds is 4. The predicted molar refractivity (Wildman–Crippen MR) is 174 cm³/mol. The molecule has 0 unspecified atom stereocenters. The van der Waals surface area contributed by atoms with Crippen molar-refractivity contribution in [3.8, 4) is 51.1 Å². The molecule has 6 nitrogen and oxygen atoms in total. The number of nitriles is 1. The Hall–Kier alpha value is -6.32. The van der Waals surface area contributed by atoms with Crippen molar-refractivity contribution in [1.82, 2.24) is 24.9 Å². The number of para-hydroxylation sites is 2. The van der Waals surface area contributed by atoms with Crippen molar-refractivity contribution in [2.75, 3.05) is 0 Å². The van der Waals surface area contributed by atoms with Gasteiger partial charge in [-0.1, -0.05) is 60.7 Å². The molecule has 8 rings (SSSR count). The average Bonchev–Trinajstić information content (AvgIpc) is 3.10. The Morgan fingerprint density at radius 1 is 0.455 bits per heavy atom. The molecule has 0 radical (unpaired) electrons. The van der Waals surface area contributed by atoms with E-state index >= 15 is 0 Å². The minimum absolute atomic E-state index is 0.590. The highest BCUT2D eigenvalue weighted by Gasteiger charge is 2.18. The lowest BCUT2D eigenvalue weighted by Gasteiger charge is -2.15. The third-order valence-electron chi connectivity index (χ3n) is 7.80. The molecule has 0 aliphatic rings. The van der Waals surface area contributed by atoms with E-state index in [0.717, 1.165) is 77.9 Å². The maximum atomic E-state index is 9.41. The van der Waals surface area contributed by atoms with E-state index in [-0.39, 0.29) is 0 Å². The molecule has 0 N–H and O–H groups in total. The highest BCUT2D eigenvalue weighted by Crippen LogP contribution is 2.38. The Labute approximate surface area is 253 Å². The van der Waals surface area contributed by atoms with E-state index in [2.05, 4.69) is 52.4 Å². The van der Waals surface area contributed by atoms with Crippen LogP contribution in [0.4, 0.5) is 0 Å². The molecule has 6 heteroatoms. The van der Waals surface area contributed by atoms with Crippen LogP contribution < -0.4 is 0 Å². The normalized spacial score (nSPS) is 11.2. The van der Waals surface area contributed by atoms with Crippen LogP contribution in [0.15, 0.2) is 134 Å². The van der Waals surface area contributed by atoms with Gasteiger partial charge in [0.25, 0.3) is 0 Å². The van der Waals surface area contributed by atoms with Gasteiger partial charge in [0, 0.05) is 45.4 Å². The largest absolute Gasteiger partial charge is 0.256 e. The van der Waals surface area contributed by atoms with Crippen molar-refractivity contribution in [1.29, 1.82) is 5.26 Å². The van der Waals surface area contributed by atoms with Gasteiger partial charge in [-0.3, -0.25) is 9.97 Å². The minimum Gasteiger partial charge on any atom is -0.256 e. The summed E-state index contributed by atoms with van der Waals surface area (Å²) in [7, 11) is 0. The molecule has 44 heavy (non-hydrogen) atoms. The van der Waals surface area contributed by atoms with Crippen LogP contribution in [0.25, 0.3) is 77.9 Å². The molecule has 0 aliphatic carbocycles. The summed E-state index contributed by atoms with van der Waals surface area (Å²) >= 11 is 0. The molecule has 4 aromatic heterocycles. The van der Waals surface area contributed by atoms with Gasteiger partial charge in [-0.15, -0.1) is 0 Å². The van der Waals surface area contributed by atoms with Gasteiger partial charge in [0.2, 0.25) is 0 Å². The zero-order valence-corrected chi connectivity index (χ0v) is 23.4. The van der Waals surface area contributed by atoms with Crippen molar-refractivity contribution in [3.63, 3.8) is 0 Å². The van der Waals surface area contributed by atoms with Gasteiger partial charge in [-0.25, -0.2) is 15.0 Å². The van der Waals surface area contributed by atoms with Crippen LogP contribution in [0.1, 0.15) is 5.56 Å². The summed E-state index contributed by atoms with van der Waals surface area (Å²) in [6, 6.07) is 42.0. The van der Waals surface area contributed by atoms with Crippen LogP contribution >= 0.6 is 0 Å². The molecule has 0 fully saturated rings. The Morgan fingerprint density at radius 3 is 1.52 bits per heavy atom. The topological polar surface area (TPSA) is 88.2 Å². The Balaban J connectivity index is 1.45. The first kappa shape index (κ1) is 25.4. The molecule has 0 aliphatic heterocycles. The summed E-state index contributed by atoms with van der Waals surface area (Å²) in [4.78, 5) is 24.7. The highest BCUT2D eigenvalue weighted by molar-refractivity contribution is 5.98. The summed E-state index contributed by atoms with van der Waals surface area (Å²) in [5.74, 6) is 0. The van der Waals surface area contributed by atoms with Gasteiger partial charge < -0.3 is 0 Å². The quantitative estimate of drug-likeness (QED) is 0.213. The lowest BCUT2D eigenvalue weighted by molar-refractivity contribution is 1.27. The van der Waals surface area contributed by atoms with E-state index in [1.54, 1.807) is 12.4 Å². The Morgan fingerprint density at radius 2 is 0.977 bits per heavy atom. The number of nitrogens with zero attached hydrogens (tertiary/aromatic N) is 6. The molecule has 0 saturated carbocycles. The first-order chi connectivity index (χ1) is 21.7. The number of benzene rings is 4. The van der Waals surface area contributed by atoms with Crippen LogP contribution in [0.2, 0.25) is 0 Å². The zero-order chi connectivity index (χ0) is 29.5. The molecule has 204 valence electrons. The second-order valence-electron chi connectivity index (χ2n) is 10.5. The summed E-state index contributed by atoms with van der Waals surface area (Å²) in [6.45, 7) is 0. The van der Waals surface area contributed by atoms with E-state index in [9.17, 15) is 5.26 Å². The van der Waals surface area contributed by atoms with E-state index in [0.29, 0.717) is 5.56 Å². The van der Waals surface area contributed by atoms with Crippen LogP contribution in [-0.4, -0.2) is 24.9 Å². The van der Waals surface area contributed by atoms with E-state index in [4.69, 9.17) is 15.0 Å². The van der Waals surface area contributed by atoms with Gasteiger partial charge in [-0.2, -0.15) is 5.26 Å². The highest BCUT2D eigenvalue weighted by atomic mass is 14.8. The number of hydrogen-bond acceptors (Lipinski definition) is 6. The Kier molecular flexibility index (Phi) is 6.06. The number of fused-ring (bicyclic) bond motifs is 3. The molecule has 0 bridgehead atoms. The number of pyridine rings is 3. The van der Waals surface area contributed by atoms with E-state index in [1.165, 1.54) is 0 Å². The van der Waals surface area contributed by atoms with Crippen LogP contribution in [0, 0.1) is 11.3 Å². The molecular weight excluding hydrogens is 540 g/mol. The molecule has 4 aromatic carbocycles. The number of hydrogen-bond donors (Lipinski definition) is 0. The van der Waals surface area contributed by atoms with Crippen LogP contribution in [0.5, 0.6) is 0 Å². The zero-order valence-electron chi connectivity index (χ0n) is 23.4. The monoisotopic (exact) mass is 562 g/mol. The second-order valence-corrected chi connectivity index (χ2v) is 10.5. The lowest BCUT2D eigenvalue weighted by atomic mass is 9.96. The van der Waals surface area contributed by atoms with Gasteiger partial charge in [0.15, 0.2) is 0 Å². The average molecular weight is 563 g/mol. The fraction of sp³-hybridized carbons (Fsp3) is 0. The Bertz CT molecular complexity index is 2300. The first-order valence-corrected chi connectivity index (χ1v) is 14.2. The van der Waals surface area contributed by atoms with Gasteiger partial charge in [-0.05, 0) is 60.7 Å². The van der Waals surface area contributed by atoms with E-state index < -0.39 is 0 Å². The van der Waals surface area contributed by atoms with Crippen molar-refractivity contribution < 1.29 is 0 Å². The molecule has 8 aromatic rings. The maximum Gasteiger partial charge on any atom is 0.0991 e. The molecule has 4 heterocycles. The molecule has 0 atom stereocenters. The van der Waals surface area contributed by atoms with Gasteiger partial charge in [0.1, 0.15) is 0 Å². The van der Waals surface area contributed by atoms with Gasteiger partial charge in [0.05, 0.1) is 56.5 Å². The van der Waals surface area contributed by atoms with E-state index in [1.807, 2.05) is 84.9 Å². The lowest BCUT2D eigenvalue weighted by Crippen LogP contribution is -1.98. The fourth-order valence-corrected chi connectivity index (χ4v) is 5.70. The fourth-order valence-electron chi connectivity index (χ4n) is 5.70. The summed E-state index contributed by atoms with van der Waals surface area (Å²) in [5, 5.41) is 11.4. The molecular formula is C38H22N6. The van der Waals surface area contributed by atoms with Crippen LogP contribution in [-0.2, 0) is 0 Å². The smallest absolute Gasteiger partial charge is 0.0991 e. The maximum absolute atomic E-state index is 9.41. The van der Waals surface area contributed by atoms with Crippen molar-refractivity contribution in [2.45, 2.75) is 0 Å².